The largest absolute Gasteiger partial charge is 0.497 e. The maximum absolute atomic E-state index is 12.9. The molecule has 3 rings (SSSR count). The van der Waals surface area contributed by atoms with Gasteiger partial charge in [-0.2, -0.15) is 0 Å². The Kier molecular flexibility index (Phi) is 6.62. The summed E-state index contributed by atoms with van der Waals surface area (Å²) < 4.78 is 15.1. The predicted octanol–water partition coefficient (Wildman–Crippen LogP) is 1.65. The van der Waals surface area contributed by atoms with E-state index in [-0.39, 0.29) is 0 Å². The molecule has 32 heavy (non-hydrogen) atoms. The van der Waals surface area contributed by atoms with Crippen LogP contribution in [-0.4, -0.2) is 56.1 Å². The van der Waals surface area contributed by atoms with E-state index in [2.05, 4.69) is 10.6 Å². The molecule has 0 aliphatic carbocycles. The first-order valence-corrected chi connectivity index (χ1v) is 9.65. The molecule has 0 aromatic heterocycles. The molecule has 1 aliphatic rings. The Labute approximate surface area is 184 Å². The van der Waals surface area contributed by atoms with Crippen LogP contribution < -0.4 is 20.1 Å². The van der Waals surface area contributed by atoms with E-state index in [1.807, 2.05) is 0 Å². The average molecular weight is 441 g/mol. The number of benzene rings is 2. The van der Waals surface area contributed by atoms with Gasteiger partial charge in [0.05, 0.1) is 14.2 Å². The maximum Gasteiger partial charge on any atom is 0.326 e. The molecule has 0 radical (unpaired) electrons. The third kappa shape index (κ3) is 4.80. The Morgan fingerprint density at radius 3 is 2.09 bits per heavy atom. The predicted molar refractivity (Wildman–Crippen MR) is 113 cm³/mol. The Hall–Kier alpha value is -4.08. The number of nitrogens with zero attached hydrogens (tertiary/aromatic N) is 1. The number of nitrogens with one attached hydrogen (secondary N) is 2. The van der Waals surface area contributed by atoms with Gasteiger partial charge in [-0.3, -0.25) is 19.3 Å². The molecule has 0 unspecified atom stereocenters. The van der Waals surface area contributed by atoms with Gasteiger partial charge in [0.25, 0.3) is 11.8 Å². The molecule has 1 heterocycles. The molecule has 2 aromatic carbocycles. The standard InChI is InChI=1S/C22H23N3O7/c1-22(14-4-8-16(30-2)9-5-14)20(28)25(21(29)24-22)12-19(27)32-13-18(26)23-15-6-10-17(31-3)11-7-15/h4-11H,12-13H2,1-3H3,(H,23,26)(H,24,29)/t22-/m1/s1. The lowest BCUT2D eigenvalue weighted by atomic mass is 9.92. The molecule has 4 amide bonds. The first-order valence-electron chi connectivity index (χ1n) is 9.65. The SMILES string of the molecule is COc1ccc(NC(=O)COC(=O)CN2C(=O)N[C@](C)(c3ccc(OC)cc3)C2=O)cc1. The first kappa shape index (κ1) is 22.6. The van der Waals surface area contributed by atoms with Crippen LogP contribution >= 0.6 is 0 Å². The highest BCUT2D eigenvalue weighted by Crippen LogP contribution is 2.30. The van der Waals surface area contributed by atoms with Crippen LogP contribution in [0, 0.1) is 0 Å². The first-order chi connectivity index (χ1) is 15.3. The highest BCUT2D eigenvalue weighted by molar-refractivity contribution is 6.09. The average Bonchev–Trinajstić information content (AvgIpc) is 3.02. The van der Waals surface area contributed by atoms with Crippen LogP contribution in [-0.2, 0) is 24.7 Å². The van der Waals surface area contributed by atoms with Crippen LogP contribution in [0.25, 0.3) is 0 Å². The normalized spacial score (nSPS) is 17.5. The Balaban J connectivity index is 1.55. The van der Waals surface area contributed by atoms with Crippen molar-refractivity contribution in [2.45, 2.75) is 12.5 Å². The van der Waals surface area contributed by atoms with Gasteiger partial charge in [0, 0.05) is 5.69 Å². The number of esters is 1. The molecule has 0 spiro atoms. The summed E-state index contributed by atoms with van der Waals surface area (Å²) >= 11 is 0. The quantitative estimate of drug-likeness (QED) is 0.472. The Morgan fingerprint density at radius 2 is 1.53 bits per heavy atom. The zero-order chi connectivity index (χ0) is 23.3. The smallest absolute Gasteiger partial charge is 0.326 e. The second kappa shape index (κ2) is 9.38. The van der Waals surface area contributed by atoms with Crippen molar-refractivity contribution in [1.82, 2.24) is 10.2 Å². The molecule has 1 atom stereocenters. The lowest BCUT2D eigenvalue weighted by Crippen LogP contribution is -2.41. The summed E-state index contributed by atoms with van der Waals surface area (Å²) in [6, 6.07) is 12.5. The lowest BCUT2D eigenvalue weighted by Gasteiger charge is -2.22. The van der Waals surface area contributed by atoms with E-state index in [0.29, 0.717) is 22.7 Å². The van der Waals surface area contributed by atoms with Gasteiger partial charge in [-0.1, -0.05) is 12.1 Å². The number of urea groups is 1. The highest BCUT2D eigenvalue weighted by atomic mass is 16.5. The minimum Gasteiger partial charge on any atom is -0.497 e. The van der Waals surface area contributed by atoms with E-state index < -0.39 is 42.5 Å². The third-order valence-corrected chi connectivity index (χ3v) is 4.97. The summed E-state index contributed by atoms with van der Waals surface area (Å²) in [5.41, 5.74) is -0.308. The van der Waals surface area contributed by atoms with E-state index >= 15 is 0 Å². The molecule has 2 N–H and O–H groups in total. The second-order valence-electron chi connectivity index (χ2n) is 7.11. The molecule has 0 saturated carbocycles. The van der Waals surface area contributed by atoms with E-state index in [1.165, 1.54) is 14.2 Å². The van der Waals surface area contributed by atoms with Gasteiger partial charge in [0.1, 0.15) is 23.6 Å². The van der Waals surface area contributed by atoms with Gasteiger partial charge in [0.2, 0.25) is 0 Å². The number of carbonyl (C=O) groups is 4. The van der Waals surface area contributed by atoms with Crippen molar-refractivity contribution in [3.63, 3.8) is 0 Å². The monoisotopic (exact) mass is 441 g/mol. The molecule has 10 nitrogen and oxygen atoms in total. The number of ether oxygens (including phenoxy) is 3. The van der Waals surface area contributed by atoms with Crippen LogP contribution in [0.3, 0.4) is 0 Å². The summed E-state index contributed by atoms with van der Waals surface area (Å²) in [6.07, 6.45) is 0. The van der Waals surface area contributed by atoms with Gasteiger partial charge >= 0.3 is 12.0 Å². The molecule has 1 aliphatic heterocycles. The van der Waals surface area contributed by atoms with Crippen LogP contribution in [0.15, 0.2) is 48.5 Å². The summed E-state index contributed by atoms with van der Waals surface area (Å²) in [5.74, 6) is -0.833. The molecule has 168 valence electrons. The zero-order valence-corrected chi connectivity index (χ0v) is 17.8. The molecule has 0 bridgehead atoms. The van der Waals surface area contributed by atoms with E-state index in [9.17, 15) is 19.2 Å². The Bertz CT molecular complexity index is 1020. The van der Waals surface area contributed by atoms with Crippen molar-refractivity contribution in [3.8, 4) is 11.5 Å². The van der Waals surface area contributed by atoms with Crippen molar-refractivity contribution >= 4 is 29.5 Å². The highest BCUT2D eigenvalue weighted by Gasteiger charge is 2.49. The summed E-state index contributed by atoms with van der Waals surface area (Å²) in [7, 11) is 3.04. The van der Waals surface area contributed by atoms with Gasteiger partial charge in [0.15, 0.2) is 6.61 Å². The fourth-order valence-corrected chi connectivity index (χ4v) is 3.15. The molecular weight excluding hydrogens is 418 g/mol. The van der Waals surface area contributed by atoms with Crippen molar-refractivity contribution < 1.29 is 33.4 Å². The molecule has 1 fully saturated rings. The number of amides is 4. The number of hydrogen-bond donors (Lipinski definition) is 2. The number of anilines is 1. The fraction of sp³-hybridized carbons (Fsp3) is 0.273. The van der Waals surface area contributed by atoms with E-state index in [1.54, 1.807) is 55.5 Å². The minimum absolute atomic E-state index is 0.496. The number of imide groups is 1. The number of methoxy groups -OCH3 is 2. The molecular formula is C22H23N3O7. The summed E-state index contributed by atoms with van der Waals surface area (Å²) in [6.45, 7) is 0.360. The molecule has 2 aromatic rings. The van der Waals surface area contributed by atoms with Gasteiger partial charge < -0.3 is 24.8 Å². The fourth-order valence-electron chi connectivity index (χ4n) is 3.15. The van der Waals surface area contributed by atoms with Crippen molar-refractivity contribution in [2.24, 2.45) is 0 Å². The lowest BCUT2D eigenvalue weighted by molar-refractivity contribution is -0.150. The number of rotatable bonds is 8. The van der Waals surface area contributed by atoms with Gasteiger partial charge in [-0.15, -0.1) is 0 Å². The number of carbonyl (C=O) groups excluding carboxylic acids is 4. The van der Waals surface area contributed by atoms with E-state index in [4.69, 9.17) is 14.2 Å². The second-order valence-corrected chi connectivity index (χ2v) is 7.11. The van der Waals surface area contributed by atoms with Crippen LogP contribution in [0.2, 0.25) is 0 Å². The topological polar surface area (TPSA) is 123 Å². The third-order valence-electron chi connectivity index (χ3n) is 4.97. The zero-order valence-electron chi connectivity index (χ0n) is 17.8. The number of hydrogen-bond acceptors (Lipinski definition) is 7. The Morgan fingerprint density at radius 1 is 0.969 bits per heavy atom. The van der Waals surface area contributed by atoms with Crippen molar-refractivity contribution in [1.29, 1.82) is 0 Å². The maximum atomic E-state index is 12.9. The van der Waals surface area contributed by atoms with Crippen molar-refractivity contribution in [2.75, 3.05) is 32.7 Å². The van der Waals surface area contributed by atoms with Crippen molar-refractivity contribution in [3.05, 3.63) is 54.1 Å². The van der Waals surface area contributed by atoms with E-state index in [0.717, 1.165) is 4.90 Å². The summed E-state index contributed by atoms with van der Waals surface area (Å²) in [4.78, 5) is 50.1. The van der Waals surface area contributed by atoms with Gasteiger partial charge in [-0.25, -0.2) is 4.79 Å². The molecule has 10 heteroatoms. The van der Waals surface area contributed by atoms with Crippen LogP contribution in [0.4, 0.5) is 10.5 Å². The van der Waals surface area contributed by atoms with Crippen LogP contribution in [0.5, 0.6) is 11.5 Å². The summed E-state index contributed by atoms with van der Waals surface area (Å²) in [5, 5.41) is 5.16. The minimum atomic E-state index is -1.34. The molecule has 1 saturated heterocycles. The van der Waals surface area contributed by atoms with Crippen LogP contribution in [0.1, 0.15) is 12.5 Å². The van der Waals surface area contributed by atoms with Gasteiger partial charge in [-0.05, 0) is 48.9 Å².